The fourth-order valence-electron chi connectivity index (χ4n) is 3.47. The van der Waals surface area contributed by atoms with Crippen LogP contribution in [0.4, 0.5) is 0 Å². The Kier molecular flexibility index (Phi) is 6.12. The summed E-state index contributed by atoms with van der Waals surface area (Å²) in [6, 6.07) is 0.284. The lowest BCUT2D eigenvalue weighted by atomic mass is 9.82. The fraction of sp³-hybridized carbons (Fsp3) is 0.562. The maximum Gasteiger partial charge on any atom is 0.223 e. The number of hydrogen-bond acceptors (Lipinski definition) is 7. The minimum atomic E-state index is 0. The zero-order valence-corrected chi connectivity index (χ0v) is 15.0. The third-order valence-electron chi connectivity index (χ3n) is 4.75. The molecule has 0 aromatic carbocycles. The van der Waals surface area contributed by atoms with Gasteiger partial charge in [0, 0.05) is 30.9 Å². The first-order chi connectivity index (χ1) is 12.3. The summed E-state index contributed by atoms with van der Waals surface area (Å²) in [6.07, 6.45) is 7.64. The molecule has 9 nitrogen and oxygen atoms in total. The molecule has 2 fully saturated rings. The van der Waals surface area contributed by atoms with Crippen molar-refractivity contribution in [1.82, 2.24) is 35.8 Å². The SMILES string of the molecule is Cl.O=C(NCc1nc(-c2cnccn2)n[nH]1)[C@H]1CC[C@H]2OCCN[C@@H]2C1. The van der Waals surface area contributed by atoms with Crippen LogP contribution in [0.25, 0.3) is 11.5 Å². The first kappa shape index (κ1) is 18.7. The number of nitrogens with one attached hydrogen (secondary N) is 3. The topological polar surface area (TPSA) is 118 Å². The van der Waals surface area contributed by atoms with E-state index in [2.05, 4.69) is 35.8 Å². The Morgan fingerprint density at radius 1 is 1.35 bits per heavy atom. The monoisotopic (exact) mass is 379 g/mol. The van der Waals surface area contributed by atoms with Gasteiger partial charge in [0.15, 0.2) is 0 Å². The molecule has 1 saturated carbocycles. The first-order valence-electron chi connectivity index (χ1n) is 8.60. The van der Waals surface area contributed by atoms with Crippen LogP contribution in [-0.4, -0.2) is 56.4 Å². The highest BCUT2D eigenvalue weighted by Gasteiger charge is 2.35. The van der Waals surface area contributed by atoms with Gasteiger partial charge in [-0.2, -0.15) is 5.10 Å². The summed E-state index contributed by atoms with van der Waals surface area (Å²) < 4.78 is 5.76. The molecule has 1 amide bonds. The second kappa shape index (κ2) is 8.52. The quantitative estimate of drug-likeness (QED) is 0.706. The fourth-order valence-corrected chi connectivity index (χ4v) is 3.47. The van der Waals surface area contributed by atoms with E-state index in [-0.39, 0.29) is 36.4 Å². The molecule has 26 heavy (non-hydrogen) atoms. The number of halogens is 1. The molecule has 3 heterocycles. The predicted octanol–water partition coefficient (Wildman–Crippen LogP) is 0.457. The molecule has 2 aromatic rings. The Labute approximate surface area is 157 Å². The minimum absolute atomic E-state index is 0. The smallest absolute Gasteiger partial charge is 0.223 e. The van der Waals surface area contributed by atoms with Crippen LogP contribution in [0.1, 0.15) is 25.1 Å². The van der Waals surface area contributed by atoms with Crippen LogP contribution in [0.5, 0.6) is 0 Å². The Morgan fingerprint density at radius 2 is 2.27 bits per heavy atom. The summed E-state index contributed by atoms with van der Waals surface area (Å²) in [6.45, 7) is 1.94. The molecule has 0 bridgehead atoms. The van der Waals surface area contributed by atoms with Crippen LogP contribution < -0.4 is 10.6 Å². The van der Waals surface area contributed by atoms with Gasteiger partial charge in [0.2, 0.25) is 11.7 Å². The lowest BCUT2D eigenvalue weighted by Crippen LogP contribution is -2.53. The summed E-state index contributed by atoms with van der Waals surface area (Å²) in [4.78, 5) is 25.0. The van der Waals surface area contributed by atoms with E-state index in [1.165, 1.54) is 0 Å². The number of carbonyl (C=O) groups excluding carboxylic acids is 1. The summed E-state index contributed by atoms with van der Waals surface area (Å²) >= 11 is 0. The molecular formula is C16H22ClN7O2. The van der Waals surface area contributed by atoms with E-state index >= 15 is 0 Å². The summed E-state index contributed by atoms with van der Waals surface area (Å²) in [7, 11) is 0. The normalized spacial score (nSPS) is 25.0. The predicted molar refractivity (Wildman–Crippen MR) is 95.4 cm³/mol. The third kappa shape index (κ3) is 4.17. The van der Waals surface area contributed by atoms with Gasteiger partial charge >= 0.3 is 0 Å². The highest BCUT2D eigenvalue weighted by molar-refractivity contribution is 5.85. The van der Waals surface area contributed by atoms with Crippen LogP contribution in [0.3, 0.4) is 0 Å². The van der Waals surface area contributed by atoms with Crippen LogP contribution in [0.2, 0.25) is 0 Å². The van der Waals surface area contributed by atoms with Crippen molar-refractivity contribution in [3.05, 3.63) is 24.4 Å². The number of hydrogen-bond donors (Lipinski definition) is 3. The maximum atomic E-state index is 12.5. The number of aromatic nitrogens is 5. The zero-order valence-electron chi connectivity index (χ0n) is 14.2. The Balaban J connectivity index is 0.00000196. The highest BCUT2D eigenvalue weighted by Crippen LogP contribution is 2.28. The molecule has 2 aromatic heterocycles. The Hall–Kier alpha value is -2.10. The van der Waals surface area contributed by atoms with Crippen molar-refractivity contribution in [1.29, 1.82) is 0 Å². The molecule has 1 aliphatic carbocycles. The third-order valence-corrected chi connectivity index (χ3v) is 4.75. The number of fused-ring (bicyclic) bond motifs is 1. The van der Waals surface area contributed by atoms with Crippen molar-refractivity contribution in [3.63, 3.8) is 0 Å². The van der Waals surface area contributed by atoms with Crippen molar-refractivity contribution in [2.45, 2.75) is 38.0 Å². The van der Waals surface area contributed by atoms with Crippen molar-refractivity contribution in [2.75, 3.05) is 13.2 Å². The van der Waals surface area contributed by atoms with Crippen molar-refractivity contribution in [2.24, 2.45) is 5.92 Å². The molecule has 3 N–H and O–H groups in total. The van der Waals surface area contributed by atoms with E-state index < -0.39 is 0 Å². The Morgan fingerprint density at radius 3 is 3.12 bits per heavy atom. The zero-order chi connectivity index (χ0) is 17.1. The molecule has 140 valence electrons. The van der Waals surface area contributed by atoms with E-state index in [0.717, 1.165) is 32.4 Å². The molecule has 0 radical (unpaired) electrons. The molecule has 10 heteroatoms. The summed E-state index contributed by atoms with van der Waals surface area (Å²) in [5.74, 6) is 1.14. The standard InChI is InChI=1S/C16H21N7O2.ClH/c24-16(10-1-2-13-11(7-10)19-5-6-25-13)20-9-14-21-15(23-22-14)12-8-17-3-4-18-12;/h3-4,8,10-11,13,19H,1-2,5-7,9H2,(H,20,24)(H,21,22,23);1H/t10-,11+,13+;/m0./s1. The average Bonchev–Trinajstić information content (AvgIpc) is 3.15. The molecule has 2 aliphatic rings. The van der Waals surface area contributed by atoms with E-state index in [9.17, 15) is 4.79 Å². The van der Waals surface area contributed by atoms with E-state index in [1.807, 2.05) is 0 Å². The van der Waals surface area contributed by atoms with Gasteiger partial charge in [-0.25, -0.2) is 9.97 Å². The van der Waals surface area contributed by atoms with Crippen molar-refractivity contribution >= 4 is 18.3 Å². The van der Waals surface area contributed by atoms with E-state index in [0.29, 0.717) is 23.9 Å². The van der Waals surface area contributed by atoms with Crippen LogP contribution in [0.15, 0.2) is 18.6 Å². The lowest BCUT2D eigenvalue weighted by Gasteiger charge is -2.39. The number of morpholine rings is 1. The molecule has 3 atom stereocenters. The van der Waals surface area contributed by atoms with Gasteiger partial charge in [0.05, 0.1) is 25.5 Å². The molecular weight excluding hydrogens is 358 g/mol. The first-order valence-corrected chi connectivity index (χ1v) is 8.60. The summed E-state index contributed by atoms with van der Waals surface area (Å²) in [5.41, 5.74) is 0.595. The number of nitrogens with zero attached hydrogens (tertiary/aromatic N) is 4. The number of aromatic amines is 1. The van der Waals surface area contributed by atoms with Crippen molar-refractivity contribution < 1.29 is 9.53 Å². The lowest BCUT2D eigenvalue weighted by molar-refractivity contribution is -0.128. The number of carbonyl (C=O) groups is 1. The second-order valence-electron chi connectivity index (χ2n) is 6.39. The highest BCUT2D eigenvalue weighted by atomic mass is 35.5. The van der Waals surface area contributed by atoms with Crippen molar-refractivity contribution in [3.8, 4) is 11.5 Å². The average molecular weight is 380 g/mol. The number of amides is 1. The number of rotatable bonds is 4. The Bertz CT molecular complexity index is 726. The van der Waals surface area contributed by atoms with E-state index in [4.69, 9.17) is 4.74 Å². The van der Waals surface area contributed by atoms with Gasteiger partial charge in [0.25, 0.3) is 0 Å². The number of ether oxygens (including phenoxy) is 1. The van der Waals surface area contributed by atoms with Gasteiger partial charge < -0.3 is 15.4 Å². The van der Waals surface area contributed by atoms with E-state index in [1.54, 1.807) is 18.6 Å². The van der Waals surface area contributed by atoms with Crippen LogP contribution in [-0.2, 0) is 16.1 Å². The van der Waals surface area contributed by atoms with Gasteiger partial charge in [-0.15, -0.1) is 12.4 Å². The summed E-state index contributed by atoms with van der Waals surface area (Å²) in [5, 5.41) is 13.4. The van der Waals surface area contributed by atoms with Gasteiger partial charge in [-0.05, 0) is 19.3 Å². The molecule has 1 saturated heterocycles. The van der Waals surface area contributed by atoms with Gasteiger partial charge in [-0.3, -0.25) is 14.9 Å². The van der Waals surface area contributed by atoms with Crippen LogP contribution >= 0.6 is 12.4 Å². The molecule has 0 unspecified atom stereocenters. The minimum Gasteiger partial charge on any atom is -0.375 e. The number of H-pyrrole nitrogens is 1. The van der Waals surface area contributed by atoms with Crippen LogP contribution in [0, 0.1) is 5.92 Å². The maximum absolute atomic E-state index is 12.5. The largest absolute Gasteiger partial charge is 0.375 e. The molecule has 1 aliphatic heterocycles. The van der Waals surface area contributed by atoms with Gasteiger partial charge in [-0.1, -0.05) is 0 Å². The second-order valence-corrected chi connectivity index (χ2v) is 6.39. The molecule has 0 spiro atoms. The van der Waals surface area contributed by atoms with Gasteiger partial charge in [0.1, 0.15) is 11.5 Å². The molecule has 4 rings (SSSR count).